The monoisotopic (exact) mass is 597 g/mol. The van der Waals surface area contributed by atoms with Gasteiger partial charge in [0.2, 0.25) is 0 Å². The predicted octanol–water partition coefficient (Wildman–Crippen LogP) is 14.2. The first kappa shape index (κ1) is 35.8. The molecule has 0 nitrogen and oxygen atoms in total. The average molecular weight is 597 g/mol. The third kappa shape index (κ3) is 9.75. The fraction of sp³-hybridized carbons (Fsp3) is 1.00. The van der Waals surface area contributed by atoms with Gasteiger partial charge in [0.1, 0.15) is 0 Å². The molecule has 5 rings (SSSR count). The van der Waals surface area contributed by atoms with Crippen LogP contribution in [0.5, 0.6) is 0 Å². The van der Waals surface area contributed by atoms with E-state index in [2.05, 4.69) is 48.5 Å². The SMILES string of the molecule is CCC1CCC(CCC2CCC(C)CC2CC)CC1.CCCCC1C(C)CC2CCCC2C1C1CCC(CC)C(CC)C1. The van der Waals surface area contributed by atoms with Crippen molar-refractivity contribution in [3.8, 4) is 0 Å². The van der Waals surface area contributed by atoms with Crippen molar-refractivity contribution in [2.45, 2.75) is 196 Å². The summed E-state index contributed by atoms with van der Waals surface area (Å²) in [7, 11) is 0. The minimum Gasteiger partial charge on any atom is -0.0654 e. The second-order valence-corrected chi connectivity index (χ2v) is 17.6. The number of fused-ring (bicyclic) bond motifs is 1. The van der Waals surface area contributed by atoms with E-state index in [1.807, 2.05) is 0 Å². The Morgan fingerprint density at radius 3 is 1.84 bits per heavy atom. The van der Waals surface area contributed by atoms with Crippen molar-refractivity contribution in [1.29, 1.82) is 0 Å². The Morgan fingerprint density at radius 2 is 1.16 bits per heavy atom. The Kier molecular flexibility index (Phi) is 15.3. The summed E-state index contributed by atoms with van der Waals surface area (Å²) in [6.45, 7) is 17.2. The highest BCUT2D eigenvalue weighted by Gasteiger charge is 2.48. The Bertz CT molecular complexity index is 730. The summed E-state index contributed by atoms with van der Waals surface area (Å²) < 4.78 is 0. The molecule has 0 spiro atoms. The smallest absolute Gasteiger partial charge is 0.0324 e. The molecule has 0 aromatic rings. The minimum atomic E-state index is 1.00. The molecule has 5 aliphatic rings. The molecule has 0 heterocycles. The van der Waals surface area contributed by atoms with E-state index in [1.54, 1.807) is 70.6 Å². The van der Waals surface area contributed by atoms with Gasteiger partial charge in [-0.15, -0.1) is 0 Å². The van der Waals surface area contributed by atoms with Crippen LogP contribution < -0.4 is 0 Å². The van der Waals surface area contributed by atoms with Crippen molar-refractivity contribution < 1.29 is 0 Å². The second-order valence-electron chi connectivity index (χ2n) is 17.6. The van der Waals surface area contributed by atoms with Crippen LogP contribution in [0.25, 0.3) is 0 Å². The van der Waals surface area contributed by atoms with E-state index in [1.165, 1.54) is 77.0 Å². The molecule has 5 saturated carbocycles. The molecule has 0 aromatic heterocycles. The molecular weight excluding hydrogens is 516 g/mol. The minimum absolute atomic E-state index is 1.00. The van der Waals surface area contributed by atoms with Crippen molar-refractivity contribution in [1.82, 2.24) is 0 Å². The lowest BCUT2D eigenvalue weighted by atomic mass is 9.55. The highest BCUT2D eigenvalue weighted by atomic mass is 14.5. The van der Waals surface area contributed by atoms with Crippen LogP contribution in [0.3, 0.4) is 0 Å². The maximum atomic E-state index is 2.62. The summed E-state index contributed by atoms with van der Waals surface area (Å²) in [6.07, 6.45) is 34.8. The lowest BCUT2D eigenvalue weighted by Gasteiger charge is -2.51. The molecular formula is C43H80. The molecule has 11 atom stereocenters. The van der Waals surface area contributed by atoms with Crippen LogP contribution in [0.1, 0.15) is 196 Å². The van der Waals surface area contributed by atoms with Crippen molar-refractivity contribution in [3.63, 3.8) is 0 Å². The fourth-order valence-electron chi connectivity index (χ4n) is 12.4. The van der Waals surface area contributed by atoms with Crippen LogP contribution in [0, 0.1) is 76.9 Å². The van der Waals surface area contributed by atoms with Gasteiger partial charge in [-0.25, -0.2) is 0 Å². The summed E-state index contributed by atoms with van der Waals surface area (Å²) in [4.78, 5) is 0. The molecule has 0 heteroatoms. The van der Waals surface area contributed by atoms with Crippen LogP contribution in [-0.2, 0) is 0 Å². The van der Waals surface area contributed by atoms with Gasteiger partial charge in [0.05, 0.1) is 0 Å². The Labute approximate surface area is 272 Å². The maximum absolute atomic E-state index is 2.62. The number of hydrogen-bond acceptors (Lipinski definition) is 0. The zero-order valence-corrected chi connectivity index (χ0v) is 30.8. The zero-order chi connectivity index (χ0) is 30.8. The van der Waals surface area contributed by atoms with Crippen LogP contribution in [-0.4, -0.2) is 0 Å². The largest absolute Gasteiger partial charge is 0.0654 e. The first-order chi connectivity index (χ1) is 20.9. The van der Waals surface area contributed by atoms with E-state index in [0.29, 0.717) is 0 Å². The second kappa shape index (κ2) is 18.4. The molecule has 0 bridgehead atoms. The normalized spacial score (nSPS) is 43.5. The summed E-state index contributed by atoms with van der Waals surface area (Å²) in [6, 6.07) is 0. The quantitative estimate of drug-likeness (QED) is 0.222. The zero-order valence-electron chi connectivity index (χ0n) is 30.8. The van der Waals surface area contributed by atoms with Gasteiger partial charge in [0, 0.05) is 0 Å². The van der Waals surface area contributed by atoms with E-state index >= 15 is 0 Å². The van der Waals surface area contributed by atoms with Crippen LogP contribution in [0.2, 0.25) is 0 Å². The van der Waals surface area contributed by atoms with E-state index in [-0.39, 0.29) is 0 Å². The average Bonchev–Trinajstić information content (AvgIpc) is 3.51. The van der Waals surface area contributed by atoms with Crippen LogP contribution in [0.4, 0.5) is 0 Å². The highest BCUT2D eigenvalue weighted by Crippen LogP contribution is 2.57. The van der Waals surface area contributed by atoms with Gasteiger partial charge in [-0.3, -0.25) is 0 Å². The molecule has 0 radical (unpaired) electrons. The molecule has 0 saturated heterocycles. The van der Waals surface area contributed by atoms with Gasteiger partial charge < -0.3 is 0 Å². The Morgan fingerprint density at radius 1 is 0.488 bits per heavy atom. The topological polar surface area (TPSA) is 0 Å². The maximum Gasteiger partial charge on any atom is -0.0324 e. The number of hydrogen-bond donors (Lipinski definition) is 0. The molecule has 43 heavy (non-hydrogen) atoms. The summed E-state index contributed by atoms with van der Waals surface area (Å²) in [5, 5.41) is 0. The van der Waals surface area contributed by atoms with Gasteiger partial charge >= 0.3 is 0 Å². The van der Waals surface area contributed by atoms with E-state index in [4.69, 9.17) is 0 Å². The lowest BCUT2D eigenvalue weighted by molar-refractivity contribution is -0.0149. The van der Waals surface area contributed by atoms with E-state index in [9.17, 15) is 0 Å². The molecule has 252 valence electrons. The van der Waals surface area contributed by atoms with Crippen molar-refractivity contribution in [2.75, 3.05) is 0 Å². The first-order valence-corrected chi connectivity index (χ1v) is 20.9. The van der Waals surface area contributed by atoms with E-state index < -0.39 is 0 Å². The van der Waals surface area contributed by atoms with Crippen molar-refractivity contribution in [2.24, 2.45) is 76.9 Å². The molecule has 5 aliphatic carbocycles. The van der Waals surface area contributed by atoms with Gasteiger partial charge in [0.15, 0.2) is 0 Å². The third-order valence-electron chi connectivity index (χ3n) is 15.2. The van der Waals surface area contributed by atoms with Crippen LogP contribution >= 0.6 is 0 Å². The fourth-order valence-corrected chi connectivity index (χ4v) is 12.4. The lowest BCUT2D eigenvalue weighted by Crippen LogP contribution is -2.43. The van der Waals surface area contributed by atoms with Gasteiger partial charge in [-0.2, -0.15) is 0 Å². The summed E-state index contributed by atoms with van der Waals surface area (Å²) >= 11 is 0. The van der Waals surface area contributed by atoms with Gasteiger partial charge in [-0.1, -0.05) is 138 Å². The molecule has 0 amide bonds. The molecule has 0 aliphatic heterocycles. The molecule has 0 N–H and O–H groups in total. The molecule has 0 aromatic carbocycles. The van der Waals surface area contributed by atoms with Crippen LogP contribution in [0.15, 0.2) is 0 Å². The summed E-state index contributed by atoms with van der Waals surface area (Å²) in [5.74, 6) is 13.8. The number of unbranched alkanes of at least 4 members (excludes halogenated alkanes) is 1. The highest BCUT2D eigenvalue weighted by molar-refractivity contribution is 4.98. The third-order valence-corrected chi connectivity index (χ3v) is 15.2. The van der Waals surface area contributed by atoms with Gasteiger partial charge in [-0.05, 0) is 135 Å². The van der Waals surface area contributed by atoms with Gasteiger partial charge in [0.25, 0.3) is 0 Å². The van der Waals surface area contributed by atoms with Crippen molar-refractivity contribution in [3.05, 3.63) is 0 Å². The first-order valence-electron chi connectivity index (χ1n) is 20.9. The predicted molar refractivity (Wildman–Crippen MR) is 191 cm³/mol. The van der Waals surface area contributed by atoms with Crippen molar-refractivity contribution >= 4 is 0 Å². The summed E-state index contributed by atoms with van der Waals surface area (Å²) in [5.41, 5.74) is 0. The molecule has 5 fully saturated rings. The Balaban J connectivity index is 0.000000203. The molecule has 11 unspecified atom stereocenters. The Hall–Kier alpha value is 0. The van der Waals surface area contributed by atoms with E-state index in [0.717, 1.165) is 76.9 Å². The number of rotatable bonds is 11. The standard InChI is InChI=1S/C24H44.C19H36/c1-5-8-11-22-17(4)15-20-10-9-12-23(20)24(22)21-14-13-18(6-2)19(7-3)16-21;1-4-16-7-9-17(10-8-16)11-13-19-12-6-15(3)14-18(19)5-2/h17-24H,5-16H2,1-4H3;15-19H,4-14H2,1-3H3.